The predicted octanol–water partition coefficient (Wildman–Crippen LogP) is 2.41. The Balaban J connectivity index is 1.77. The molecule has 2 heterocycles. The Kier molecular flexibility index (Phi) is 4.46. The van der Waals surface area contributed by atoms with Crippen LogP contribution in [0.5, 0.6) is 5.75 Å². The second kappa shape index (κ2) is 6.70. The molecule has 1 aromatic carbocycles. The summed E-state index contributed by atoms with van der Waals surface area (Å²) >= 11 is 0. The van der Waals surface area contributed by atoms with Gasteiger partial charge in [0, 0.05) is 17.8 Å². The maximum absolute atomic E-state index is 12.6. The molecule has 0 aliphatic rings. The predicted molar refractivity (Wildman–Crippen MR) is 91.4 cm³/mol. The van der Waals surface area contributed by atoms with E-state index in [0.29, 0.717) is 17.8 Å². The molecule has 0 aliphatic heterocycles. The summed E-state index contributed by atoms with van der Waals surface area (Å²) in [6.07, 6.45) is 2.32. The van der Waals surface area contributed by atoms with Crippen LogP contribution in [0.15, 0.2) is 42.6 Å². The summed E-state index contributed by atoms with van der Waals surface area (Å²) in [5, 5.41) is 7.19. The molecule has 0 radical (unpaired) electrons. The van der Waals surface area contributed by atoms with Crippen LogP contribution in [-0.4, -0.2) is 33.7 Å². The SMILES string of the molecule is COc1ccccc1C[C@H](C)NC(=O)c1cc(C)nc2ccnn12. The third kappa shape index (κ3) is 3.22. The highest BCUT2D eigenvalue weighted by Crippen LogP contribution is 2.19. The van der Waals surface area contributed by atoms with E-state index in [1.807, 2.05) is 38.1 Å². The molecule has 0 aliphatic carbocycles. The van der Waals surface area contributed by atoms with E-state index >= 15 is 0 Å². The number of amides is 1. The van der Waals surface area contributed by atoms with Gasteiger partial charge in [0.2, 0.25) is 0 Å². The fourth-order valence-electron chi connectivity index (χ4n) is 2.75. The summed E-state index contributed by atoms with van der Waals surface area (Å²) in [5.74, 6) is 0.657. The first-order valence-corrected chi connectivity index (χ1v) is 7.82. The van der Waals surface area contributed by atoms with Crippen molar-refractivity contribution in [1.29, 1.82) is 0 Å². The Labute approximate surface area is 140 Å². The quantitative estimate of drug-likeness (QED) is 0.782. The number of para-hydroxylation sites is 1. The van der Waals surface area contributed by atoms with Crippen molar-refractivity contribution >= 4 is 11.6 Å². The minimum Gasteiger partial charge on any atom is -0.496 e. The van der Waals surface area contributed by atoms with E-state index < -0.39 is 0 Å². The van der Waals surface area contributed by atoms with E-state index in [1.54, 1.807) is 30.0 Å². The standard InChI is InChI=1S/C18H20N4O2/c1-12(10-14-6-4-5-7-16(14)24-3)21-18(23)15-11-13(2)20-17-8-9-19-22(15)17/h4-9,11-12H,10H2,1-3H3,(H,21,23)/t12-/m0/s1. The van der Waals surface area contributed by atoms with Gasteiger partial charge in [-0.05, 0) is 38.0 Å². The highest BCUT2D eigenvalue weighted by Gasteiger charge is 2.16. The molecule has 3 rings (SSSR count). The van der Waals surface area contributed by atoms with Crippen molar-refractivity contribution in [3.05, 3.63) is 59.5 Å². The minimum atomic E-state index is -0.170. The van der Waals surface area contributed by atoms with E-state index in [4.69, 9.17) is 4.74 Å². The number of carbonyl (C=O) groups is 1. The molecule has 0 saturated heterocycles. The molecule has 6 heteroatoms. The number of hydrogen-bond acceptors (Lipinski definition) is 4. The van der Waals surface area contributed by atoms with Crippen LogP contribution < -0.4 is 10.1 Å². The van der Waals surface area contributed by atoms with E-state index in [2.05, 4.69) is 15.4 Å². The second-order valence-corrected chi connectivity index (χ2v) is 5.77. The topological polar surface area (TPSA) is 68.5 Å². The first-order chi connectivity index (χ1) is 11.6. The largest absolute Gasteiger partial charge is 0.496 e. The van der Waals surface area contributed by atoms with Crippen LogP contribution in [0.4, 0.5) is 0 Å². The molecule has 1 N–H and O–H groups in total. The Morgan fingerprint density at radius 1 is 1.33 bits per heavy atom. The highest BCUT2D eigenvalue weighted by atomic mass is 16.5. The van der Waals surface area contributed by atoms with Gasteiger partial charge in [0.05, 0.1) is 13.3 Å². The number of rotatable bonds is 5. The highest BCUT2D eigenvalue weighted by molar-refractivity contribution is 5.93. The van der Waals surface area contributed by atoms with Gasteiger partial charge >= 0.3 is 0 Å². The molecular formula is C18H20N4O2. The van der Waals surface area contributed by atoms with Crippen molar-refractivity contribution in [2.75, 3.05) is 7.11 Å². The first kappa shape index (κ1) is 16.0. The van der Waals surface area contributed by atoms with Crippen LogP contribution in [-0.2, 0) is 6.42 Å². The van der Waals surface area contributed by atoms with Crippen LogP contribution in [0.3, 0.4) is 0 Å². The Morgan fingerprint density at radius 3 is 2.92 bits per heavy atom. The fraction of sp³-hybridized carbons (Fsp3) is 0.278. The monoisotopic (exact) mass is 324 g/mol. The third-order valence-corrected chi connectivity index (χ3v) is 3.82. The van der Waals surface area contributed by atoms with Gasteiger partial charge in [-0.3, -0.25) is 4.79 Å². The van der Waals surface area contributed by atoms with E-state index in [9.17, 15) is 4.79 Å². The number of ether oxygens (including phenoxy) is 1. The molecule has 0 fully saturated rings. The number of nitrogens with one attached hydrogen (secondary N) is 1. The van der Waals surface area contributed by atoms with Crippen molar-refractivity contribution < 1.29 is 9.53 Å². The fourth-order valence-corrected chi connectivity index (χ4v) is 2.75. The normalized spacial score (nSPS) is 12.1. The number of aromatic nitrogens is 3. The number of aryl methyl sites for hydroxylation is 1. The smallest absolute Gasteiger partial charge is 0.270 e. The molecule has 2 aromatic heterocycles. The molecular weight excluding hydrogens is 304 g/mol. The van der Waals surface area contributed by atoms with Gasteiger partial charge in [0.15, 0.2) is 5.65 Å². The molecule has 6 nitrogen and oxygen atoms in total. The summed E-state index contributed by atoms with van der Waals surface area (Å²) in [4.78, 5) is 17.0. The zero-order chi connectivity index (χ0) is 17.1. The molecule has 0 unspecified atom stereocenters. The van der Waals surface area contributed by atoms with Gasteiger partial charge in [-0.1, -0.05) is 18.2 Å². The van der Waals surface area contributed by atoms with Gasteiger partial charge < -0.3 is 10.1 Å². The Bertz CT molecular complexity index is 872. The number of fused-ring (bicyclic) bond motifs is 1. The van der Waals surface area contributed by atoms with Gasteiger partial charge in [0.1, 0.15) is 11.4 Å². The van der Waals surface area contributed by atoms with Crippen molar-refractivity contribution in [2.45, 2.75) is 26.3 Å². The molecule has 24 heavy (non-hydrogen) atoms. The average Bonchev–Trinajstić information content (AvgIpc) is 3.02. The van der Waals surface area contributed by atoms with Crippen molar-refractivity contribution in [2.24, 2.45) is 0 Å². The summed E-state index contributed by atoms with van der Waals surface area (Å²) in [5.41, 5.74) is 2.99. The summed E-state index contributed by atoms with van der Waals surface area (Å²) in [6, 6.07) is 11.3. The average molecular weight is 324 g/mol. The third-order valence-electron chi connectivity index (χ3n) is 3.82. The minimum absolute atomic E-state index is 0.0483. The van der Waals surface area contributed by atoms with Crippen LogP contribution in [0.25, 0.3) is 5.65 Å². The lowest BCUT2D eigenvalue weighted by atomic mass is 10.1. The maximum atomic E-state index is 12.6. The zero-order valence-corrected chi connectivity index (χ0v) is 14.0. The van der Waals surface area contributed by atoms with Crippen LogP contribution >= 0.6 is 0 Å². The molecule has 3 aromatic rings. The maximum Gasteiger partial charge on any atom is 0.270 e. The van der Waals surface area contributed by atoms with Crippen LogP contribution in [0, 0.1) is 6.92 Å². The lowest BCUT2D eigenvalue weighted by Crippen LogP contribution is -2.35. The van der Waals surface area contributed by atoms with E-state index in [0.717, 1.165) is 17.0 Å². The zero-order valence-electron chi connectivity index (χ0n) is 14.0. The van der Waals surface area contributed by atoms with Crippen molar-refractivity contribution in [3.63, 3.8) is 0 Å². The van der Waals surface area contributed by atoms with Crippen molar-refractivity contribution in [3.8, 4) is 5.75 Å². The number of nitrogens with zero attached hydrogens (tertiary/aromatic N) is 3. The molecule has 124 valence electrons. The molecule has 1 amide bonds. The lowest BCUT2D eigenvalue weighted by Gasteiger charge is -2.16. The van der Waals surface area contributed by atoms with E-state index in [1.165, 1.54) is 0 Å². The van der Waals surface area contributed by atoms with Crippen molar-refractivity contribution in [1.82, 2.24) is 19.9 Å². The summed E-state index contributed by atoms with van der Waals surface area (Å²) < 4.78 is 6.92. The molecule has 1 atom stereocenters. The number of methoxy groups -OCH3 is 1. The van der Waals surface area contributed by atoms with Gasteiger partial charge in [0.25, 0.3) is 5.91 Å². The summed E-state index contributed by atoms with van der Waals surface area (Å²) in [6.45, 7) is 3.83. The van der Waals surface area contributed by atoms with Crippen LogP contribution in [0.1, 0.15) is 28.7 Å². The number of hydrogen-bond donors (Lipinski definition) is 1. The van der Waals surface area contributed by atoms with Gasteiger partial charge in [-0.2, -0.15) is 5.10 Å². The molecule has 0 saturated carbocycles. The second-order valence-electron chi connectivity index (χ2n) is 5.77. The lowest BCUT2D eigenvalue weighted by molar-refractivity contribution is 0.0932. The number of carbonyl (C=O) groups excluding carboxylic acids is 1. The number of benzene rings is 1. The first-order valence-electron chi connectivity index (χ1n) is 7.82. The Hall–Kier alpha value is -2.89. The molecule has 0 spiro atoms. The Morgan fingerprint density at radius 2 is 2.12 bits per heavy atom. The summed E-state index contributed by atoms with van der Waals surface area (Å²) in [7, 11) is 1.65. The van der Waals surface area contributed by atoms with Gasteiger partial charge in [-0.15, -0.1) is 0 Å². The van der Waals surface area contributed by atoms with E-state index in [-0.39, 0.29) is 11.9 Å². The van der Waals surface area contributed by atoms with Gasteiger partial charge in [-0.25, -0.2) is 9.50 Å². The molecule has 0 bridgehead atoms. The van der Waals surface area contributed by atoms with Crippen LogP contribution in [0.2, 0.25) is 0 Å².